The Kier molecular flexibility index (Phi) is 4.14. The Balaban J connectivity index is 1.79. The van der Waals surface area contributed by atoms with Crippen LogP contribution in [0, 0.1) is 0 Å². The van der Waals surface area contributed by atoms with E-state index in [1.54, 1.807) is 5.01 Å². The SMILES string of the molecule is CS(=O)(=O)c1cccnc1C(=O)NN1CCc2ccccc2C1. The lowest BCUT2D eigenvalue weighted by Crippen LogP contribution is -2.45. The zero-order valence-corrected chi connectivity index (χ0v) is 13.5. The number of carbonyl (C=O) groups is 1. The third-order valence-corrected chi connectivity index (χ3v) is 4.90. The molecule has 2 aromatic rings. The molecule has 1 N–H and O–H groups in total. The molecule has 1 aliphatic heterocycles. The fourth-order valence-corrected chi connectivity index (χ4v) is 3.47. The van der Waals surface area contributed by atoms with Gasteiger partial charge in [0.2, 0.25) is 0 Å². The highest BCUT2D eigenvalue weighted by Gasteiger charge is 2.23. The second-order valence-corrected chi connectivity index (χ2v) is 7.49. The molecule has 1 aromatic heterocycles. The molecule has 7 heteroatoms. The van der Waals surface area contributed by atoms with Gasteiger partial charge < -0.3 is 0 Å². The molecule has 0 atom stereocenters. The van der Waals surface area contributed by atoms with Gasteiger partial charge >= 0.3 is 0 Å². The Morgan fingerprint density at radius 2 is 1.91 bits per heavy atom. The van der Waals surface area contributed by atoms with Crippen LogP contribution in [0.3, 0.4) is 0 Å². The molecule has 0 saturated heterocycles. The van der Waals surface area contributed by atoms with Gasteiger partial charge in [0.05, 0.1) is 4.90 Å². The number of hydrogen-bond donors (Lipinski definition) is 1. The van der Waals surface area contributed by atoms with Crippen LogP contribution in [-0.4, -0.2) is 37.1 Å². The number of amides is 1. The second-order valence-electron chi connectivity index (χ2n) is 5.50. The van der Waals surface area contributed by atoms with E-state index >= 15 is 0 Å². The van der Waals surface area contributed by atoms with Crippen molar-refractivity contribution in [3.63, 3.8) is 0 Å². The monoisotopic (exact) mass is 331 g/mol. The Morgan fingerprint density at radius 3 is 2.65 bits per heavy atom. The number of fused-ring (bicyclic) bond motifs is 1. The van der Waals surface area contributed by atoms with E-state index in [0.29, 0.717) is 13.1 Å². The van der Waals surface area contributed by atoms with Crippen molar-refractivity contribution in [1.29, 1.82) is 0 Å². The molecule has 0 saturated carbocycles. The van der Waals surface area contributed by atoms with Crippen LogP contribution in [0.2, 0.25) is 0 Å². The van der Waals surface area contributed by atoms with Gasteiger partial charge in [-0.2, -0.15) is 0 Å². The van der Waals surface area contributed by atoms with Crippen molar-refractivity contribution in [1.82, 2.24) is 15.4 Å². The van der Waals surface area contributed by atoms with Gasteiger partial charge in [-0.15, -0.1) is 0 Å². The van der Waals surface area contributed by atoms with Gasteiger partial charge in [0.15, 0.2) is 9.84 Å². The Bertz CT molecular complexity index is 849. The summed E-state index contributed by atoms with van der Waals surface area (Å²) in [5.74, 6) is -0.509. The predicted molar refractivity (Wildman–Crippen MR) is 85.4 cm³/mol. The molecular formula is C16H17N3O3S. The first-order valence-electron chi connectivity index (χ1n) is 7.23. The van der Waals surface area contributed by atoms with E-state index in [9.17, 15) is 13.2 Å². The number of hydrogen-bond acceptors (Lipinski definition) is 5. The molecule has 3 rings (SSSR count). The minimum Gasteiger partial charge on any atom is -0.283 e. The first-order chi connectivity index (χ1) is 10.9. The Morgan fingerprint density at radius 1 is 1.17 bits per heavy atom. The standard InChI is InChI=1S/C16H17N3O3S/c1-23(21,22)14-7-4-9-17-15(14)16(20)18-19-10-8-12-5-2-3-6-13(12)11-19/h2-7,9H,8,10-11H2,1H3,(H,18,20). The molecule has 6 nitrogen and oxygen atoms in total. The molecule has 2 heterocycles. The van der Waals surface area contributed by atoms with Gasteiger partial charge in [-0.05, 0) is 29.7 Å². The van der Waals surface area contributed by atoms with Gasteiger partial charge in [0, 0.05) is 25.5 Å². The molecule has 0 radical (unpaired) electrons. The summed E-state index contributed by atoms with van der Waals surface area (Å²) in [5, 5.41) is 1.78. The highest BCUT2D eigenvalue weighted by molar-refractivity contribution is 7.90. The summed E-state index contributed by atoms with van der Waals surface area (Å²) >= 11 is 0. The van der Waals surface area contributed by atoms with Crippen molar-refractivity contribution in [2.45, 2.75) is 17.9 Å². The lowest BCUT2D eigenvalue weighted by atomic mass is 10.0. The van der Waals surface area contributed by atoms with Crippen LogP contribution in [-0.2, 0) is 22.8 Å². The van der Waals surface area contributed by atoms with Crippen LogP contribution in [0.4, 0.5) is 0 Å². The number of sulfone groups is 1. The first kappa shape index (κ1) is 15.6. The number of nitrogens with one attached hydrogen (secondary N) is 1. The van der Waals surface area contributed by atoms with Crippen molar-refractivity contribution in [3.05, 3.63) is 59.4 Å². The third kappa shape index (κ3) is 3.40. The highest BCUT2D eigenvalue weighted by atomic mass is 32.2. The summed E-state index contributed by atoms with van der Waals surface area (Å²) < 4.78 is 23.6. The van der Waals surface area contributed by atoms with Gasteiger partial charge in [-0.3, -0.25) is 10.2 Å². The van der Waals surface area contributed by atoms with E-state index in [2.05, 4.69) is 16.5 Å². The summed E-state index contributed by atoms with van der Waals surface area (Å²) in [6, 6.07) is 11.0. The number of pyridine rings is 1. The maximum Gasteiger partial charge on any atom is 0.285 e. The van der Waals surface area contributed by atoms with E-state index < -0.39 is 15.7 Å². The molecular weight excluding hydrogens is 314 g/mol. The van der Waals surface area contributed by atoms with Crippen LogP contribution in [0.15, 0.2) is 47.5 Å². The summed E-state index contributed by atoms with van der Waals surface area (Å²) in [5.41, 5.74) is 5.11. The number of nitrogens with zero attached hydrogens (tertiary/aromatic N) is 2. The third-order valence-electron chi connectivity index (χ3n) is 3.78. The average Bonchev–Trinajstić information content (AvgIpc) is 2.54. The number of benzene rings is 1. The van der Waals surface area contributed by atoms with Crippen molar-refractivity contribution in [2.24, 2.45) is 0 Å². The molecule has 23 heavy (non-hydrogen) atoms. The molecule has 0 spiro atoms. The van der Waals surface area contributed by atoms with Gasteiger partial charge in [0.1, 0.15) is 5.69 Å². The summed E-state index contributed by atoms with van der Waals surface area (Å²) in [4.78, 5) is 16.3. The minimum absolute atomic E-state index is 0.0603. The molecule has 0 fully saturated rings. The molecule has 0 bridgehead atoms. The van der Waals surface area contributed by atoms with Crippen molar-refractivity contribution < 1.29 is 13.2 Å². The van der Waals surface area contributed by atoms with Crippen molar-refractivity contribution >= 4 is 15.7 Å². The topological polar surface area (TPSA) is 79.4 Å². The van der Waals surface area contributed by atoms with Gasteiger partial charge in [-0.1, -0.05) is 24.3 Å². The zero-order valence-electron chi connectivity index (χ0n) is 12.7. The minimum atomic E-state index is -3.51. The van der Waals surface area contributed by atoms with Crippen molar-refractivity contribution in [2.75, 3.05) is 12.8 Å². The van der Waals surface area contributed by atoms with E-state index in [-0.39, 0.29) is 10.6 Å². The first-order valence-corrected chi connectivity index (χ1v) is 9.12. The van der Waals surface area contributed by atoms with Crippen LogP contribution < -0.4 is 5.43 Å². The fraction of sp³-hybridized carbons (Fsp3) is 0.250. The van der Waals surface area contributed by atoms with E-state index in [4.69, 9.17) is 0 Å². The molecule has 0 unspecified atom stereocenters. The summed E-state index contributed by atoms with van der Waals surface area (Å²) in [6.45, 7) is 1.26. The predicted octanol–water partition coefficient (Wildman–Crippen LogP) is 1.19. The smallest absolute Gasteiger partial charge is 0.283 e. The molecule has 1 aliphatic rings. The van der Waals surface area contributed by atoms with Gasteiger partial charge in [0.25, 0.3) is 5.91 Å². The van der Waals surface area contributed by atoms with Crippen LogP contribution in [0.1, 0.15) is 21.6 Å². The number of carbonyl (C=O) groups excluding carboxylic acids is 1. The summed E-state index contributed by atoms with van der Waals surface area (Å²) in [6.07, 6.45) is 3.31. The highest BCUT2D eigenvalue weighted by Crippen LogP contribution is 2.18. The number of aromatic nitrogens is 1. The maximum absolute atomic E-state index is 12.4. The largest absolute Gasteiger partial charge is 0.285 e. The van der Waals surface area contributed by atoms with E-state index in [0.717, 1.165) is 18.2 Å². The van der Waals surface area contributed by atoms with Crippen LogP contribution in [0.5, 0.6) is 0 Å². The number of rotatable bonds is 3. The Labute approximate surface area is 135 Å². The van der Waals surface area contributed by atoms with E-state index in [1.807, 2.05) is 18.2 Å². The quantitative estimate of drug-likeness (QED) is 0.914. The maximum atomic E-state index is 12.4. The van der Waals surface area contributed by atoms with Crippen molar-refractivity contribution in [3.8, 4) is 0 Å². The normalized spacial score (nSPS) is 15.0. The zero-order chi connectivity index (χ0) is 16.4. The van der Waals surface area contributed by atoms with Gasteiger partial charge in [-0.25, -0.2) is 18.4 Å². The molecule has 0 aliphatic carbocycles. The lowest BCUT2D eigenvalue weighted by Gasteiger charge is -2.28. The summed E-state index contributed by atoms with van der Waals surface area (Å²) in [7, 11) is -3.51. The number of hydrazine groups is 1. The second kappa shape index (κ2) is 6.10. The average molecular weight is 331 g/mol. The van der Waals surface area contributed by atoms with Crippen LogP contribution >= 0.6 is 0 Å². The molecule has 1 aromatic carbocycles. The van der Waals surface area contributed by atoms with Crippen LogP contribution in [0.25, 0.3) is 0 Å². The molecule has 1 amide bonds. The Hall–Kier alpha value is -2.25. The lowest BCUT2D eigenvalue weighted by molar-refractivity contribution is 0.0754. The van der Waals surface area contributed by atoms with E-state index in [1.165, 1.54) is 23.9 Å². The fourth-order valence-electron chi connectivity index (χ4n) is 2.65. The molecule has 120 valence electrons.